The maximum Gasteiger partial charge on any atom is 0.271 e. The molecule has 4 rings (SSSR count). The Hall–Kier alpha value is -2.21. The molecule has 1 N–H and O–H groups in total. The van der Waals surface area contributed by atoms with Crippen LogP contribution in [0.4, 0.5) is 0 Å². The number of hydrogen-bond donors (Lipinski definition) is 1. The summed E-state index contributed by atoms with van der Waals surface area (Å²) in [5.74, 6) is -0.922. The van der Waals surface area contributed by atoms with Crippen molar-refractivity contribution in [2.75, 3.05) is 26.4 Å². The number of carbonyl (C=O) groups excluding carboxylic acids is 2. The van der Waals surface area contributed by atoms with E-state index in [0.717, 1.165) is 11.8 Å². The van der Waals surface area contributed by atoms with Crippen molar-refractivity contribution in [1.82, 2.24) is 19.1 Å². The minimum atomic E-state index is -3.40. The van der Waals surface area contributed by atoms with Gasteiger partial charge in [-0.25, -0.2) is 8.42 Å². The quantitative estimate of drug-likeness (QED) is 0.547. The van der Waals surface area contributed by atoms with Gasteiger partial charge >= 0.3 is 0 Å². The van der Waals surface area contributed by atoms with Crippen LogP contribution in [-0.2, 0) is 23.1 Å². The molecule has 2 aliphatic rings. The van der Waals surface area contributed by atoms with Crippen LogP contribution in [0.25, 0.3) is 0 Å². The summed E-state index contributed by atoms with van der Waals surface area (Å²) in [6, 6.07) is 8.34. The first kappa shape index (κ1) is 24.9. The number of carbonyl (C=O) groups is 2. The smallest absolute Gasteiger partial charge is 0.271 e. The fourth-order valence-corrected chi connectivity index (χ4v) is 5.84. The summed E-state index contributed by atoms with van der Waals surface area (Å²) in [5.41, 5.74) is -0.243. The Bertz CT molecular complexity index is 1320. The van der Waals surface area contributed by atoms with Crippen molar-refractivity contribution in [2.24, 2.45) is 0 Å². The maximum absolute atomic E-state index is 13.2. The molecule has 1 fully saturated rings. The van der Waals surface area contributed by atoms with Gasteiger partial charge in [-0.2, -0.15) is 4.31 Å². The number of halogens is 2. The van der Waals surface area contributed by atoms with Gasteiger partial charge in [0.15, 0.2) is 0 Å². The highest BCUT2D eigenvalue weighted by atomic mass is 79.9. The lowest BCUT2D eigenvalue weighted by Gasteiger charge is -2.35. The second-order valence-corrected chi connectivity index (χ2v) is 12.0. The first-order valence-electron chi connectivity index (χ1n) is 10.6. The Kier molecular flexibility index (Phi) is 6.67. The third kappa shape index (κ3) is 4.79. The molecule has 2 heterocycles. The summed E-state index contributed by atoms with van der Waals surface area (Å²) < 4.78 is 27.0. The van der Waals surface area contributed by atoms with E-state index in [1.165, 1.54) is 22.0 Å². The first-order chi connectivity index (χ1) is 15.9. The maximum atomic E-state index is 13.2. The highest BCUT2D eigenvalue weighted by Gasteiger charge is 2.52. The number of fused-ring (bicyclic) bond motifs is 1. The summed E-state index contributed by atoms with van der Waals surface area (Å²) in [6.45, 7) is 0.916. The lowest BCUT2D eigenvalue weighted by molar-refractivity contribution is 0.0650. The fourth-order valence-electron chi connectivity index (χ4n) is 4.15. The Morgan fingerprint density at radius 1 is 1.21 bits per heavy atom. The van der Waals surface area contributed by atoms with E-state index >= 15 is 0 Å². The Balaban J connectivity index is 1.54. The van der Waals surface area contributed by atoms with Crippen LogP contribution in [0.1, 0.15) is 39.3 Å². The van der Waals surface area contributed by atoms with Crippen molar-refractivity contribution in [3.8, 4) is 0 Å². The van der Waals surface area contributed by atoms with Gasteiger partial charge in [-0.3, -0.25) is 14.4 Å². The van der Waals surface area contributed by atoms with Crippen molar-refractivity contribution in [1.29, 1.82) is 0 Å². The van der Waals surface area contributed by atoms with Crippen LogP contribution < -0.4 is 10.9 Å². The molecule has 1 aliphatic heterocycles. The van der Waals surface area contributed by atoms with Crippen molar-refractivity contribution >= 4 is 49.4 Å². The molecule has 1 aromatic heterocycles. The van der Waals surface area contributed by atoms with Gasteiger partial charge in [0.05, 0.1) is 11.8 Å². The van der Waals surface area contributed by atoms with Crippen LogP contribution in [0.3, 0.4) is 0 Å². The molecule has 34 heavy (non-hydrogen) atoms. The number of likely N-dealkylation sites (N-methyl/N-ethyl adjacent to an activating group) is 1. The fraction of sp³-hybridized carbons (Fsp3) is 0.409. The number of nitrogens with one attached hydrogen (secondary N) is 1. The Labute approximate surface area is 210 Å². The number of pyridine rings is 1. The monoisotopic (exact) mass is 570 g/mol. The molecule has 0 saturated heterocycles. The van der Waals surface area contributed by atoms with E-state index in [-0.39, 0.29) is 43.3 Å². The largest absolute Gasteiger partial charge is 0.348 e. The molecule has 2 amide bonds. The average Bonchev–Trinajstić information content (AvgIpc) is 3.56. The average molecular weight is 572 g/mol. The van der Waals surface area contributed by atoms with Gasteiger partial charge in [0.1, 0.15) is 11.3 Å². The molecular formula is C22H24BrClN4O5S. The minimum Gasteiger partial charge on any atom is -0.348 e. The number of hydrogen-bond acceptors (Lipinski definition) is 5. The third-order valence-electron chi connectivity index (χ3n) is 6.41. The lowest BCUT2D eigenvalue weighted by Crippen LogP contribution is -2.52. The van der Waals surface area contributed by atoms with Gasteiger partial charge in [-0.05, 0) is 52.5 Å². The highest BCUT2D eigenvalue weighted by molar-refractivity contribution is 9.10. The molecule has 0 bridgehead atoms. The number of sulfonamides is 1. The van der Waals surface area contributed by atoms with E-state index in [1.807, 2.05) is 0 Å². The molecule has 12 heteroatoms. The number of amides is 2. The summed E-state index contributed by atoms with van der Waals surface area (Å²) in [7, 11) is -1.88. The van der Waals surface area contributed by atoms with Gasteiger partial charge in [0.25, 0.3) is 17.4 Å². The molecule has 0 unspecified atom stereocenters. The predicted molar refractivity (Wildman–Crippen MR) is 131 cm³/mol. The van der Waals surface area contributed by atoms with E-state index in [1.54, 1.807) is 29.2 Å². The summed E-state index contributed by atoms with van der Waals surface area (Å²) >= 11 is 9.23. The van der Waals surface area contributed by atoms with Crippen molar-refractivity contribution in [3.63, 3.8) is 0 Å². The molecule has 0 atom stereocenters. The molecule has 1 aliphatic carbocycles. The van der Waals surface area contributed by atoms with E-state index in [4.69, 9.17) is 11.6 Å². The van der Waals surface area contributed by atoms with Crippen molar-refractivity contribution < 1.29 is 18.0 Å². The standard InChI is InChI=1S/C22H24BrClN4O5S/c1-26(34(2,32)33)22(7-8-22)13-27-9-10-28-18(21(27)31)17(23)11-16(20(28)30)19(29)25-12-14-3-5-15(24)6-4-14/h3-6,11H,7-10,12-13H2,1-2H3,(H,25,29). The third-order valence-corrected chi connectivity index (χ3v) is 8.65. The summed E-state index contributed by atoms with van der Waals surface area (Å²) in [6.07, 6.45) is 2.48. The van der Waals surface area contributed by atoms with Gasteiger partial charge in [0, 0.05) is 42.7 Å². The molecule has 2 aromatic rings. The van der Waals surface area contributed by atoms with Crippen molar-refractivity contribution in [2.45, 2.75) is 31.5 Å². The van der Waals surface area contributed by atoms with Crippen LogP contribution >= 0.6 is 27.5 Å². The lowest BCUT2D eigenvalue weighted by atomic mass is 10.1. The number of benzene rings is 1. The van der Waals surface area contributed by atoms with Crippen LogP contribution in [0.2, 0.25) is 5.02 Å². The molecule has 182 valence electrons. The Morgan fingerprint density at radius 3 is 2.44 bits per heavy atom. The summed E-state index contributed by atoms with van der Waals surface area (Å²) in [4.78, 5) is 40.6. The number of nitrogens with zero attached hydrogens (tertiary/aromatic N) is 3. The highest BCUT2D eigenvalue weighted by Crippen LogP contribution is 2.43. The summed E-state index contributed by atoms with van der Waals surface area (Å²) in [5, 5.41) is 3.31. The molecular weight excluding hydrogens is 548 g/mol. The number of rotatable bonds is 7. The zero-order valence-electron chi connectivity index (χ0n) is 18.7. The number of aromatic nitrogens is 1. The normalized spacial score (nSPS) is 17.0. The molecule has 0 radical (unpaired) electrons. The van der Waals surface area contributed by atoms with Crippen molar-refractivity contribution in [3.05, 3.63) is 67.0 Å². The molecule has 1 saturated carbocycles. The van der Waals surface area contributed by atoms with Gasteiger partial charge in [-0.15, -0.1) is 0 Å². The SMILES string of the molecule is CN(C1(CN2CCn3c(c(Br)cc(C(=O)NCc4ccc(Cl)cc4)c3=O)C2=O)CC1)S(C)(=O)=O. The van der Waals surface area contributed by atoms with E-state index in [9.17, 15) is 22.8 Å². The second-order valence-electron chi connectivity index (χ2n) is 8.70. The van der Waals surface area contributed by atoms with Crippen LogP contribution in [0.15, 0.2) is 39.6 Å². The second kappa shape index (κ2) is 9.10. The van der Waals surface area contributed by atoms with Gasteiger partial charge in [-0.1, -0.05) is 23.7 Å². The molecule has 9 nitrogen and oxygen atoms in total. The molecule has 1 aromatic carbocycles. The predicted octanol–water partition coefficient (Wildman–Crippen LogP) is 2.07. The van der Waals surface area contributed by atoms with Gasteiger partial charge < -0.3 is 14.8 Å². The van der Waals surface area contributed by atoms with E-state index in [2.05, 4.69) is 21.2 Å². The van der Waals surface area contributed by atoms with E-state index in [0.29, 0.717) is 22.3 Å². The van der Waals surface area contributed by atoms with Crippen LogP contribution in [-0.4, -0.2) is 65.9 Å². The van der Waals surface area contributed by atoms with Crippen LogP contribution in [0.5, 0.6) is 0 Å². The first-order valence-corrected chi connectivity index (χ1v) is 13.6. The zero-order chi connectivity index (χ0) is 24.8. The van der Waals surface area contributed by atoms with Gasteiger partial charge in [0.2, 0.25) is 10.0 Å². The topological polar surface area (TPSA) is 109 Å². The van der Waals surface area contributed by atoms with Crippen LogP contribution in [0, 0.1) is 0 Å². The Morgan fingerprint density at radius 2 is 1.85 bits per heavy atom. The minimum absolute atomic E-state index is 0.0682. The zero-order valence-corrected chi connectivity index (χ0v) is 21.8. The molecule has 0 spiro atoms. The van der Waals surface area contributed by atoms with E-state index < -0.39 is 27.0 Å².